The molecule has 1 fully saturated rings. The molecule has 0 atom stereocenters. The van der Waals surface area contributed by atoms with Gasteiger partial charge in [0.15, 0.2) is 11.6 Å². The Morgan fingerprint density at radius 2 is 1.67 bits per heavy atom. The molecule has 0 amide bonds. The van der Waals surface area contributed by atoms with Crippen LogP contribution >= 0.6 is 0 Å². The first-order valence-electron chi connectivity index (χ1n) is 11.5. The number of hydrogen-bond donors (Lipinski definition) is 0. The van der Waals surface area contributed by atoms with Crippen LogP contribution < -0.4 is 0 Å². The van der Waals surface area contributed by atoms with Crippen LogP contribution in [-0.4, -0.2) is 0 Å². The molecule has 0 saturated heterocycles. The Hall–Kier alpha value is -2.03. The summed E-state index contributed by atoms with van der Waals surface area (Å²) in [6.07, 6.45) is 11.9. The van der Waals surface area contributed by atoms with Crippen molar-refractivity contribution in [3.8, 4) is 22.3 Å². The van der Waals surface area contributed by atoms with Crippen molar-refractivity contribution in [3.05, 3.63) is 59.4 Å². The highest BCUT2D eigenvalue weighted by molar-refractivity contribution is 6.03. The van der Waals surface area contributed by atoms with Gasteiger partial charge in [-0.05, 0) is 78.7 Å². The van der Waals surface area contributed by atoms with Crippen LogP contribution in [0.4, 0.5) is 13.2 Å². The van der Waals surface area contributed by atoms with Gasteiger partial charge in [-0.2, -0.15) is 0 Å². The number of hydrogen-bond acceptors (Lipinski definition) is 0. The van der Waals surface area contributed by atoms with E-state index in [1.54, 1.807) is 18.2 Å². The smallest absolute Gasteiger partial charge is 0.167 e. The van der Waals surface area contributed by atoms with Crippen LogP contribution in [-0.2, 0) is 6.42 Å². The van der Waals surface area contributed by atoms with Crippen LogP contribution in [0, 0.1) is 23.4 Å². The third-order valence-corrected chi connectivity index (χ3v) is 7.12. The summed E-state index contributed by atoms with van der Waals surface area (Å²) in [6, 6.07) is 5.41. The molecule has 2 aliphatic rings. The lowest BCUT2D eigenvalue weighted by atomic mass is 9.73. The number of fused-ring (bicyclic) bond motifs is 4. The highest BCUT2D eigenvalue weighted by Gasteiger charge is 2.35. The second kappa shape index (κ2) is 8.99. The Morgan fingerprint density at radius 3 is 2.37 bits per heavy atom. The van der Waals surface area contributed by atoms with Gasteiger partial charge in [-0.25, -0.2) is 13.2 Å². The van der Waals surface area contributed by atoms with Crippen LogP contribution in [0.3, 0.4) is 0 Å². The number of aryl methyl sites for hydroxylation is 1. The topological polar surface area (TPSA) is 0 Å². The lowest BCUT2D eigenvalue weighted by Crippen LogP contribution is -2.17. The fourth-order valence-corrected chi connectivity index (χ4v) is 5.32. The molecular formula is C27H31F3. The molecule has 0 unspecified atom stereocenters. The Balaban J connectivity index is 1.55. The zero-order chi connectivity index (χ0) is 21.3. The van der Waals surface area contributed by atoms with Crippen molar-refractivity contribution < 1.29 is 13.2 Å². The highest BCUT2D eigenvalue weighted by atomic mass is 19.2. The van der Waals surface area contributed by atoms with Gasteiger partial charge in [0.25, 0.3) is 0 Å². The third kappa shape index (κ3) is 3.72. The van der Waals surface area contributed by atoms with Crippen molar-refractivity contribution in [2.75, 3.05) is 0 Å². The molecule has 0 radical (unpaired) electrons. The van der Waals surface area contributed by atoms with E-state index in [4.69, 9.17) is 0 Å². The minimum atomic E-state index is -0.875. The maximum atomic E-state index is 15.0. The molecule has 2 aromatic carbocycles. The predicted molar refractivity (Wildman–Crippen MR) is 118 cm³/mol. The number of halogens is 3. The van der Waals surface area contributed by atoms with E-state index < -0.39 is 17.5 Å². The van der Waals surface area contributed by atoms with Gasteiger partial charge in [-0.1, -0.05) is 50.8 Å². The number of rotatable bonds is 8. The van der Waals surface area contributed by atoms with Crippen molar-refractivity contribution in [3.63, 3.8) is 0 Å². The quantitative estimate of drug-likeness (QED) is 0.256. The van der Waals surface area contributed by atoms with Crippen LogP contribution in [0.2, 0.25) is 0 Å². The summed E-state index contributed by atoms with van der Waals surface area (Å²) in [5.74, 6) is -1.28. The number of allylic oxidation sites excluding steroid dienone is 1. The van der Waals surface area contributed by atoms with Crippen molar-refractivity contribution in [1.29, 1.82) is 0 Å². The molecule has 0 heterocycles. The lowest BCUT2D eigenvalue weighted by Gasteiger charge is -2.32. The van der Waals surface area contributed by atoms with E-state index in [9.17, 15) is 4.39 Å². The summed E-state index contributed by atoms with van der Waals surface area (Å²) in [5, 5.41) is 0. The summed E-state index contributed by atoms with van der Waals surface area (Å²) in [7, 11) is 0. The Kier molecular flexibility index (Phi) is 6.36. The molecule has 0 aliphatic heterocycles. The number of benzene rings is 2. The lowest BCUT2D eigenvalue weighted by molar-refractivity contribution is 0.298. The summed E-state index contributed by atoms with van der Waals surface area (Å²) in [4.78, 5) is 0. The van der Waals surface area contributed by atoms with Crippen molar-refractivity contribution in [2.45, 2.75) is 77.0 Å². The fraction of sp³-hybridized carbons (Fsp3) is 0.481. The monoisotopic (exact) mass is 412 g/mol. The largest absolute Gasteiger partial charge is 0.206 e. The standard InChI is InChI=1S/C27H31F3/c1-3-5-7-8-17-10-12-18(13-11-17)21-16-22-20-15-14-19(9-6-4-2)25(28)23(20)24(22)27(30)26(21)29/h4,14-18H,2-3,5-13H2,1H3. The van der Waals surface area contributed by atoms with Gasteiger partial charge < -0.3 is 0 Å². The van der Waals surface area contributed by atoms with E-state index >= 15 is 8.78 Å². The van der Waals surface area contributed by atoms with Gasteiger partial charge in [-0.3, -0.25) is 0 Å². The molecule has 4 rings (SSSR count). The van der Waals surface area contributed by atoms with Crippen LogP contribution in [0.5, 0.6) is 0 Å². The summed E-state index contributed by atoms with van der Waals surface area (Å²) in [5.41, 5.74) is 2.76. The second-order valence-corrected chi connectivity index (χ2v) is 9.02. The molecule has 2 aliphatic carbocycles. The van der Waals surface area contributed by atoms with Crippen LogP contribution in [0.15, 0.2) is 30.9 Å². The SMILES string of the molecule is C=CCCc1ccc2c(c1F)-c1c-2cc(C2CCC(CCCCC)CC2)c(F)c1F. The Labute approximate surface area is 178 Å². The zero-order valence-electron chi connectivity index (χ0n) is 17.9. The second-order valence-electron chi connectivity index (χ2n) is 9.02. The van der Waals surface area contributed by atoms with Gasteiger partial charge >= 0.3 is 0 Å². The first-order chi connectivity index (χ1) is 14.6. The Bertz CT molecular complexity index is 936. The normalized spacial score (nSPS) is 19.7. The molecule has 2 aromatic rings. The molecule has 3 heteroatoms. The van der Waals surface area contributed by atoms with Gasteiger partial charge in [0.2, 0.25) is 0 Å². The minimum Gasteiger partial charge on any atom is -0.206 e. The van der Waals surface area contributed by atoms with E-state index in [2.05, 4.69) is 13.5 Å². The van der Waals surface area contributed by atoms with Crippen LogP contribution in [0.1, 0.15) is 81.8 Å². The zero-order valence-corrected chi connectivity index (χ0v) is 17.9. The van der Waals surface area contributed by atoms with Crippen molar-refractivity contribution in [2.24, 2.45) is 5.92 Å². The summed E-state index contributed by atoms with van der Waals surface area (Å²) >= 11 is 0. The Morgan fingerprint density at radius 1 is 0.933 bits per heavy atom. The molecule has 0 bridgehead atoms. The average Bonchev–Trinajstić information content (AvgIpc) is 2.74. The van der Waals surface area contributed by atoms with E-state index in [0.29, 0.717) is 35.1 Å². The summed E-state index contributed by atoms with van der Waals surface area (Å²) in [6.45, 7) is 5.88. The summed E-state index contributed by atoms with van der Waals surface area (Å²) < 4.78 is 45.0. The third-order valence-electron chi connectivity index (χ3n) is 7.12. The minimum absolute atomic E-state index is 0.0630. The average molecular weight is 413 g/mol. The molecule has 0 spiro atoms. The molecular weight excluding hydrogens is 381 g/mol. The van der Waals surface area contributed by atoms with Gasteiger partial charge in [-0.15, -0.1) is 6.58 Å². The predicted octanol–water partition coefficient (Wildman–Crippen LogP) is 8.72. The van der Waals surface area contributed by atoms with Gasteiger partial charge in [0.05, 0.1) is 0 Å². The van der Waals surface area contributed by atoms with Crippen molar-refractivity contribution >= 4 is 0 Å². The maximum Gasteiger partial charge on any atom is 0.167 e. The first-order valence-corrected chi connectivity index (χ1v) is 11.5. The van der Waals surface area contributed by atoms with Crippen molar-refractivity contribution in [1.82, 2.24) is 0 Å². The van der Waals surface area contributed by atoms with E-state index in [1.165, 1.54) is 25.7 Å². The molecule has 30 heavy (non-hydrogen) atoms. The van der Waals surface area contributed by atoms with Gasteiger partial charge in [0.1, 0.15) is 5.82 Å². The van der Waals surface area contributed by atoms with E-state index in [1.807, 2.05) is 6.07 Å². The fourth-order valence-electron chi connectivity index (χ4n) is 5.32. The number of unbranched alkanes of at least 4 members (excludes halogenated alkanes) is 2. The van der Waals surface area contributed by atoms with E-state index in [0.717, 1.165) is 31.6 Å². The van der Waals surface area contributed by atoms with Gasteiger partial charge in [0, 0.05) is 11.1 Å². The maximum absolute atomic E-state index is 15.0. The molecule has 160 valence electrons. The van der Waals surface area contributed by atoms with Crippen LogP contribution in [0.25, 0.3) is 22.3 Å². The van der Waals surface area contributed by atoms with E-state index in [-0.39, 0.29) is 17.0 Å². The molecule has 1 saturated carbocycles. The first kappa shape index (κ1) is 21.2. The molecule has 0 aromatic heterocycles. The highest BCUT2D eigenvalue weighted by Crippen LogP contribution is 2.53. The molecule has 0 nitrogen and oxygen atoms in total. The molecule has 0 N–H and O–H groups in total.